The molecule has 2 rings (SSSR count). The Labute approximate surface area is 108 Å². The highest BCUT2D eigenvalue weighted by Crippen LogP contribution is 2.16. The Morgan fingerprint density at radius 3 is 2.67 bits per heavy atom. The van der Waals surface area contributed by atoms with Gasteiger partial charge in [0.2, 0.25) is 5.91 Å². The van der Waals surface area contributed by atoms with E-state index in [4.69, 9.17) is 5.11 Å². The Balaban J connectivity index is 1.78. The molecule has 102 valence electrons. The second kappa shape index (κ2) is 6.29. The molecular formula is C13H22N2O3. The third kappa shape index (κ3) is 3.53. The third-order valence-corrected chi connectivity index (χ3v) is 3.89. The van der Waals surface area contributed by atoms with Crippen LogP contribution >= 0.6 is 0 Å². The van der Waals surface area contributed by atoms with Gasteiger partial charge in [0, 0.05) is 39.1 Å². The van der Waals surface area contributed by atoms with Crippen LogP contribution < -0.4 is 0 Å². The minimum Gasteiger partial charge on any atom is -0.396 e. The summed E-state index contributed by atoms with van der Waals surface area (Å²) in [5, 5.41) is 9.16. The number of carbonyl (C=O) groups excluding carboxylic acids is 2. The summed E-state index contributed by atoms with van der Waals surface area (Å²) < 4.78 is 0. The van der Waals surface area contributed by atoms with Crippen LogP contribution in [0.1, 0.15) is 25.7 Å². The van der Waals surface area contributed by atoms with E-state index in [1.165, 1.54) is 0 Å². The van der Waals surface area contributed by atoms with Gasteiger partial charge in [-0.3, -0.25) is 14.5 Å². The van der Waals surface area contributed by atoms with Gasteiger partial charge in [-0.15, -0.1) is 0 Å². The fourth-order valence-corrected chi connectivity index (χ4v) is 2.74. The normalized spacial score (nSPS) is 26.4. The maximum atomic E-state index is 12.1. The van der Waals surface area contributed by atoms with E-state index in [2.05, 4.69) is 4.90 Å². The first-order valence-electron chi connectivity index (χ1n) is 6.81. The van der Waals surface area contributed by atoms with Crippen LogP contribution in [0.3, 0.4) is 0 Å². The lowest BCUT2D eigenvalue weighted by molar-refractivity contribution is -0.136. The number of hydrogen-bond acceptors (Lipinski definition) is 4. The van der Waals surface area contributed by atoms with Crippen molar-refractivity contribution in [3.63, 3.8) is 0 Å². The van der Waals surface area contributed by atoms with Gasteiger partial charge in [-0.25, -0.2) is 0 Å². The fourth-order valence-electron chi connectivity index (χ4n) is 2.74. The summed E-state index contributed by atoms with van der Waals surface area (Å²) in [6, 6.07) is 0. The van der Waals surface area contributed by atoms with Crippen LogP contribution in [0.2, 0.25) is 0 Å². The molecule has 0 spiro atoms. The molecule has 0 aromatic heterocycles. The van der Waals surface area contributed by atoms with E-state index in [0.717, 1.165) is 25.9 Å². The van der Waals surface area contributed by atoms with Gasteiger partial charge >= 0.3 is 0 Å². The molecule has 2 aliphatic heterocycles. The minimum atomic E-state index is 0.126. The van der Waals surface area contributed by atoms with Gasteiger partial charge in [0.15, 0.2) is 0 Å². The SMILES string of the molecule is O=C1CCN(C(=O)CN2CCCC(CO)C2)CC1. The number of hydrogen-bond donors (Lipinski definition) is 1. The molecule has 2 saturated heterocycles. The van der Waals surface area contributed by atoms with Crippen molar-refractivity contribution in [2.24, 2.45) is 5.92 Å². The first kappa shape index (κ1) is 13.5. The molecule has 5 nitrogen and oxygen atoms in total. The lowest BCUT2D eigenvalue weighted by Gasteiger charge is -2.34. The summed E-state index contributed by atoms with van der Waals surface area (Å²) >= 11 is 0. The molecule has 2 fully saturated rings. The zero-order valence-electron chi connectivity index (χ0n) is 10.8. The second-order valence-electron chi connectivity index (χ2n) is 5.35. The largest absolute Gasteiger partial charge is 0.396 e. The van der Waals surface area contributed by atoms with Crippen LogP contribution in [0.15, 0.2) is 0 Å². The van der Waals surface area contributed by atoms with Crippen molar-refractivity contribution in [2.45, 2.75) is 25.7 Å². The quantitative estimate of drug-likeness (QED) is 0.763. The average Bonchev–Trinajstić information content (AvgIpc) is 2.39. The highest BCUT2D eigenvalue weighted by atomic mass is 16.3. The molecule has 0 saturated carbocycles. The second-order valence-corrected chi connectivity index (χ2v) is 5.35. The molecule has 1 unspecified atom stereocenters. The van der Waals surface area contributed by atoms with Gasteiger partial charge in [0.25, 0.3) is 0 Å². The maximum Gasteiger partial charge on any atom is 0.236 e. The zero-order chi connectivity index (χ0) is 13.0. The molecule has 2 heterocycles. The van der Waals surface area contributed by atoms with Crippen molar-refractivity contribution in [1.82, 2.24) is 9.80 Å². The highest BCUT2D eigenvalue weighted by molar-refractivity contribution is 5.84. The number of carbonyl (C=O) groups is 2. The number of rotatable bonds is 3. The van der Waals surface area contributed by atoms with Crippen molar-refractivity contribution in [1.29, 1.82) is 0 Å². The van der Waals surface area contributed by atoms with E-state index in [-0.39, 0.29) is 18.3 Å². The number of aliphatic hydroxyl groups is 1. The van der Waals surface area contributed by atoms with E-state index >= 15 is 0 Å². The van der Waals surface area contributed by atoms with E-state index in [9.17, 15) is 9.59 Å². The van der Waals surface area contributed by atoms with E-state index < -0.39 is 0 Å². The maximum absolute atomic E-state index is 12.1. The Morgan fingerprint density at radius 1 is 1.28 bits per heavy atom. The van der Waals surface area contributed by atoms with Gasteiger partial charge in [-0.05, 0) is 25.3 Å². The minimum absolute atomic E-state index is 0.126. The van der Waals surface area contributed by atoms with Crippen molar-refractivity contribution in [3.8, 4) is 0 Å². The van der Waals surface area contributed by atoms with Gasteiger partial charge in [-0.1, -0.05) is 0 Å². The Kier molecular flexibility index (Phi) is 4.72. The zero-order valence-corrected chi connectivity index (χ0v) is 10.8. The summed E-state index contributed by atoms with van der Waals surface area (Å²) in [6.07, 6.45) is 3.12. The van der Waals surface area contributed by atoms with Crippen LogP contribution in [-0.4, -0.2) is 65.9 Å². The molecular weight excluding hydrogens is 232 g/mol. The molecule has 1 amide bonds. The molecule has 5 heteroatoms. The van der Waals surface area contributed by atoms with E-state index in [1.807, 2.05) is 0 Å². The van der Waals surface area contributed by atoms with E-state index in [0.29, 0.717) is 38.4 Å². The standard InChI is InChI=1S/C13H22N2O3/c16-10-11-2-1-5-14(8-11)9-13(18)15-6-3-12(17)4-7-15/h11,16H,1-10H2. The van der Waals surface area contributed by atoms with Gasteiger partial charge in [0.1, 0.15) is 5.78 Å². The van der Waals surface area contributed by atoms with Crippen LogP contribution in [-0.2, 0) is 9.59 Å². The summed E-state index contributed by atoms with van der Waals surface area (Å²) in [5.41, 5.74) is 0. The summed E-state index contributed by atoms with van der Waals surface area (Å²) in [5.74, 6) is 0.702. The lowest BCUT2D eigenvalue weighted by atomic mass is 9.99. The van der Waals surface area contributed by atoms with Gasteiger partial charge in [-0.2, -0.15) is 0 Å². The number of piperidine rings is 2. The van der Waals surface area contributed by atoms with Gasteiger partial charge < -0.3 is 10.0 Å². The summed E-state index contributed by atoms with van der Waals surface area (Å²) in [7, 11) is 0. The molecule has 0 aromatic rings. The van der Waals surface area contributed by atoms with Crippen molar-refractivity contribution >= 4 is 11.7 Å². The van der Waals surface area contributed by atoms with Crippen LogP contribution in [0.4, 0.5) is 0 Å². The monoisotopic (exact) mass is 254 g/mol. The number of aliphatic hydroxyl groups excluding tert-OH is 1. The highest BCUT2D eigenvalue weighted by Gasteiger charge is 2.25. The third-order valence-electron chi connectivity index (χ3n) is 3.89. The number of likely N-dealkylation sites (tertiary alicyclic amines) is 2. The van der Waals surface area contributed by atoms with Crippen molar-refractivity contribution in [2.75, 3.05) is 39.3 Å². The summed E-state index contributed by atoms with van der Waals surface area (Å²) in [6.45, 7) is 3.56. The summed E-state index contributed by atoms with van der Waals surface area (Å²) in [4.78, 5) is 27.1. The van der Waals surface area contributed by atoms with Crippen molar-refractivity contribution in [3.05, 3.63) is 0 Å². The van der Waals surface area contributed by atoms with Crippen LogP contribution in [0, 0.1) is 5.92 Å². The lowest BCUT2D eigenvalue weighted by Crippen LogP contribution is -2.47. The smallest absolute Gasteiger partial charge is 0.236 e. The Bertz CT molecular complexity index is 309. The van der Waals surface area contributed by atoms with Crippen molar-refractivity contribution < 1.29 is 14.7 Å². The van der Waals surface area contributed by atoms with Crippen LogP contribution in [0.5, 0.6) is 0 Å². The molecule has 1 atom stereocenters. The molecule has 0 aliphatic carbocycles. The Morgan fingerprint density at radius 2 is 2.00 bits per heavy atom. The molecule has 1 N–H and O–H groups in total. The number of nitrogens with zero attached hydrogens (tertiary/aromatic N) is 2. The van der Waals surface area contributed by atoms with Gasteiger partial charge in [0.05, 0.1) is 6.54 Å². The first-order valence-corrected chi connectivity index (χ1v) is 6.81. The predicted molar refractivity (Wildman–Crippen MR) is 67.1 cm³/mol. The molecule has 0 radical (unpaired) electrons. The first-order chi connectivity index (χ1) is 8.69. The molecule has 0 bridgehead atoms. The Hall–Kier alpha value is -0.940. The molecule has 2 aliphatic rings. The topological polar surface area (TPSA) is 60.9 Å². The van der Waals surface area contributed by atoms with E-state index in [1.54, 1.807) is 4.90 Å². The van der Waals surface area contributed by atoms with Crippen LogP contribution in [0.25, 0.3) is 0 Å². The molecule has 18 heavy (non-hydrogen) atoms. The predicted octanol–water partition coefficient (Wildman–Crippen LogP) is -0.118. The number of amides is 1. The fraction of sp³-hybridized carbons (Fsp3) is 0.846. The number of ketones is 1. The number of Topliss-reactive ketones (excluding diaryl/α,β-unsaturated/α-hetero) is 1. The average molecular weight is 254 g/mol. The molecule has 0 aromatic carbocycles.